The summed E-state index contributed by atoms with van der Waals surface area (Å²) in [6, 6.07) is 4.24. The molecule has 21 heavy (non-hydrogen) atoms. The van der Waals surface area contributed by atoms with Crippen molar-refractivity contribution < 1.29 is 9.72 Å². The van der Waals surface area contributed by atoms with Gasteiger partial charge in [0.05, 0.1) is 10.6 Å². The number of nitrogens with one attached hydrogen (secondary N) is 1. The molecule has 1 heterocycles. The Morgan fingerprint density at radius 3 is 2.76 bits per heavy atom. The van der Waals surface area contributed by atoms with Crippen molar-refractivity contribution in [2.24, 2.45) is 0 Å². The minimum Gasteiger partial charge on any atom is -0.393 e. The molecule has 2 aromatic rings. The Labute approximate surface area is 125 Å². The average molecular weight is 306 g/mol. The number of rotatable bonds is 4. The molecule has 0 bridgehead atoms. The van der Waals surface area contributed by atoms with Crippen LogP contribution in [-0.2, 0) is 0 Å². The summed E-state index contributed by atoms with van der Waals surface area (Å²) < 4.78 is 0. The highest BCUT2D eigenvalue weighted by atomic mass is 32.1. The highest BCUT2D eigenvalue weighted by Crippen LogP contribution is 2.27. The van der Waals surface area contributed by atoms with Gasteiger partial charge in [-0.3, -0.25) is 20.2 Å². The zero-order valence-electron chi connectivity index (χ0n) is 11.5. The van der Waals surface area contributed by atoms with Crippen LogP contribution < -0.4 is 11.1 Å². The second kappa shape index (κ2) is 5.88. The summed E-state index contributed by atoms with van der Waals surface area (Å²) in [5, 5.41) is 15.8. The van der Waals surface area contributed by atoms with Crippen LogP contribution in [0.4, 0.5) is 16.5 Å². The number of carbonyl (C=O) groups excluding carboxylic acids is 1. The molecule has 0 unspecified atom stereocenters. The van der Waals surface area contributed by atoms with Gasteiger partial charge in [0.25, 0.3) is 5.91 Å². The maximum Gasteiger partial charge on any atom is 0.304 e. The van der Waals surface area contributed by atoms with Crippen molar-refractivity contribution in [3.63, 3.8) is 0 Å². The van der Waals surface area contributed by atoms with Crippen LogP contribution in [0.3, 0.4) is 0 Å². The fourth-order valence-corrected chi connectivity index (χ4v) is 2.59. The lowest BCUT2D eigenvalue weighted by molar-refractivity contribution is -0.384. The number of aromatic nitrogens is 1. The van der Waals surface area contributed by atoms with Crippen LogP contribution in [0.15, 0.2) is 23.6 Å². The molecule has 1 aromatic heterocycles. The van der Waals surface area contributed by atoms with Gasteiger partial charge in [-0.15, -0.1) is 11.3 Å². The van der Waals surface area contributed by atoms with Gasteiger partial charge < -0.3 is 5.73 Å². The van der Waals surface area contributed by atoms with E-state index in [4.69, 9.17) is 5.73 Å². The number of nitro benzene ring substituents is 1. The van der Waals surface area contributed by atoms with E-state index in [-0.39, 0.29) is 17.2 Å². The number of nitro groups is 1. The van der Waals surface area contributed by atoms with E-state index < -0.39 is 16.5 Å². The zero-order chi connectivity index (χ0) is 15.6. The van der Waals surface area contributed by atoms with Crippen LogP contribution in [0.25, 0.3) is 0 Å². The largest absolute Gasteiger partial charge is 0.393 e. The van der Waals surface area contributed by atoms with Crippen molar-refractivity contribution in [1.29, 1.82) is 0 Å². The number of hydrogen-bond acceptors (Lipinski definition) is 6. The fraction of sp³-hybridized carbons (Fsp3) is 0.231. The number of nitrogens with zero attached hydrogens (tertiary/aromatic N) is 2. The van der Waals surface area contributed by atoms with Crippen LogP contribution in [0.2, 0.25) is 0 Å². The summed E-state index contributed by atoms with van der Waals surface area (Å²) in [6.07, 6.45) is 0. The second-order valence-corrected chi connectivity index (χ2v) is 5.54. The smallest absolute Gasteiger partial charge is 0.304 e. The Morgan fingerprint density at radius 2 is 2.19 bits per heavy atom. The molecule has 0 fully saturated rings. The van der Waals surface area contributed by atoms with Crippen molar-refractivity contribution >= 4 is 33.8 Å². The predicted molar refractivity (Wildman–Crippen MR) is 81.7 cm³/mol. The quantitative estimate of drug-likeness (QED) is 0.512. The molecule has 1 amide bonds. The molecule has 3 N–H and O–H groups in total. The highest BCUT2D eigenvalue weighted by Gasteiger charge is 2.23. The molecule has 0 aliphatic carbocycles. The Hall–Kier alpha value is -2.48. The Balaban J connectivity index is 2.28. The van der Waals surface area contributed by atoms with E-state index in [0.29, 0.717) is 5.13 Å². The van der Waals surface area contributed by atoms with E-state index in [1.165, 1.54) is 29.5 Å². The van der Waals surface area contributed by atoms with E-state index in [9.17, 15) is 14.9 Å². The van der Waals surface area contributed by atoms with Crippen LogP contribution in [0.5, 0.6) is 0 Å². The fourth-order valence-electron chi connectivity index (χ4n) is 1.72. The molecule has 8 heteroatoms. The molecular formula is C13H14N4O3S. The third kappa shape index (κ3) is 3.16. The molecule has 0 spiro atoms. The topological polar surface area (TPSA) is 111 Å². The van der Waals surface area contributed by atoms with Gasteiger partial charge in [-0.25, -0.2) is 4.98 Å². The Kier molecular flexibility index (Phi) is 4.18. The molecule has 110 valence electrons. The van der Waals surface area contributed by atoms with Gasteiger partial charge in [0.15, 0.2) is 5.13 Å². The van der Waals surface area contributed by atoms with Crippen molar-refractivity contribution in [3.05, 3.63) is 45.0 Å². The van der Waals surface area contributed by atoms with Gasteiger partial charge in [0.1, 0.15) is 11.3 Å². The number of benzene rings is 1. The zero-order valence-corrected chi connectivity index (χ0v) is 12.3. The molecular weight excluding hydrogens is 292 g/mol. The van der Waals surface area contributed by atoms with E-state index in [2.05, 4.69) is 10.3 Å². The molecule has 0 radical (unpaired) electrons. The molecule has 7 nitrogen and oxygen atoms in total. The third-order valence-corrected chi connectivity index (χ3v) is 3.60. The average Bonchev–Trinajstić information content (AvgIpc) is 2.86. The molecule has 0 atom stereocenters. The first kappa shape index (κ1) is 14.9. The number of carbonyl (C=O) groups is 1. The Morgan fingerprint density at radius 1 is 1.48 bits per heavy atom. The number of nitrogen functional groups attached to an aromatic ring is 1. The number of nitrogens with two attached hydrogens (primary N) is 1. The number of anilines is 2. The second-order valence-electron chi connectivity index (χ2n) is 4.69. The molecule has 0 aliphatic heterocycles. The first-order valence-electron chi connectivity index (χ1n) is 6.19. The minimum absolute atomic E-state index is 0.0466. The van der Waals surface area contributed by atoms with Crippen LogP contribution in [0.1, 0.15) is 35.8 Å². The van der Waals surface area contributed by atoms with E-state index >= 15 is 0 Å². The highest BCUT2D eigenvalue weighted by molar-refractivity contribution is 7.14. The normalized spacial score (nSPS) is 10.6. The Bertz CT molecular complexity index is 696. The van der Waals surface area contributed by atoms with Crippen molar-refractivity contribution in [2.75, 3.05) is 11.1 Å². The summed E-state index contributed by atoms with van der Waals surface area (Å²) in [6.45, 7) is 3.98. The summed E-state index contributed by atoms with van der Waals surface area (Å²) in [7, 11) is 0. The van der Waals surface area contributed by atoms with Crippen LogP contribution in [-0.4, -0.2) is 15.8 Å². The van der Waals surface area contributed by atoms with E-state index in [0.717, 1.165) is 5.69 Å². The summed E-state index contributed by atoms with van der Waals surface area (Å²) in [5.41, 5.74) is 5.90. The van der Waals surface area contributed by atoms with Gasteiger partial charge in [0, 0.05) is 5.38 Å². The minimum atomic E-state index is -0.661. The lowest BCUT2D eigenvalue weighted by atomic mass is 10.1. The van der Waals surface area contributed by atoms with Gasteiger partial charge in [-0.1, -0.05) is 19.9 Å². The standard InChI is InChI=1S/C13H14N4O3S/c1-7(2)10-6-21-13(15-10)16-12(18)8-4-3-5-9(14)11(8)17(19)20/h3-7H,14H2,1-2H3,(H,15,16,18). The summed E-state index contributed by atoms with van der Waals surface area (Å²) >= 11 is 1.28. The van der Waals surface area contributed by atoms with Crippen molar-refractivity contribution in [1.82, 2.24) is 4.98 Å². The molecule has 2 rings (SSSR count). The predicted octanol–water partition coefficient (Wildman–Crippen LogP) is 3.01. The van der Waals surface area contributed by atoms with E-state index in [1.807, 2.05) is 19.2 Å². The van der Waals surface area contributed by atoms with Crippen molar-refractivity contribution in [2.45, 2.75) is 19.8 Å². The number of thiazole rings is 1. The first-order valence-corrected chi connectivity index (χ1v) is 7.07. The molecule has 0 aliphatic rings. The van der Waals surface area contributed by atoms with Gasteiger partial charge in [-0.05, 0) is 18.1 Å². The molecule has 0 saturated carbocycles. The number of amides is 1. The maximum atomic E-state index is 12.2. The summed E-state index contributed by atoms with van der Waals surface area (Å²) in [5.74, 6) is -0.354. The van der Waals surface area contributed by atoms with Gasteiger partial charge >= 0.3 is 5.69 Å². The lowest BCUT2D eigenvalue weighted by Crippen LogP contribution is -2.14. The van der Waals surface area contributed by atoms with E-state index in [1.54, 1.807) is 0 Å². The van der Waals surface area contributed by atoms with Crippen LogP contribution >= 0.6 is 11.3 Å². The SMILES string of the molecule is CC(C)c1csc(NC(=O)c2cccc(N)c2[N+](=O)[O-])n1. The lowest BCUT2D eigenvalue weighted by Gasteiger charge is -2.05. The van der Waals surface area contributed by atoms with Crippen molar-refractivity contribution in [3.8, 4) is 0 Å². The first-order chi connectivity index (χ1) is 9.90. The number of hydrogen-bond donors (Lipinski definition) is 2. The number of para-hydroxylation sites is 1. The van der Waals surface area contributed by atoms with Crippen LogP contribution in [0, 0.1) is 10.1 Å². The van der Waals surface area contributed by atoms with Gasteiger partial charge in [-0.2, -0.15) is 0 Å². The summed E-state index contributed by atoms with van der Waals surface area (Å²) in [4.78, 5) is 26.8. The maximum absolute atomic E-state index is 12.2. The molecule has 1 aromatic carbocycles. The van der Waals surface area contributed by atoms with Gasteiger partial charge in [0.2, 0.25) is 0 Å². The monoisotopic (exact) mass is 306 g/mol. The molecule has 0 saturated heterocycles. The third-order valence-electron chi connectivity index (χ3n) is 2.83.